The van der Waals surface area contributed by atoms with Crippen LogP contribution in [-0.2, 0) is 0 Å². The summed E-state index contributed by atoms with van der Waals surface area (Å²) in [7, 11) is 0. The second kappa shape index (κ2) is 5.49. The van der Waals surface area contributed by atoms with Gasteiger partial charge < -0.3 is 4.90 Å². The van der Waals surface area contributed by atoms with Crippen LogP contribution in [0, 0.1) is 11.8 Å². The number of hydrogen-bond acceptors (Lipinski definition) is 2. The molecule has 3 rings (SSSR count). The van der Waals surface area contributed by atoms with Crippen molar-refractivity contribution in [3.05, 3.63) is 29.0 Å². The molecule has 1 aromatic heterocycles. The lowest BCUT2D eigenvalue weighted by atomic mass is 9.75. The third kappa shape index (κ3) is 2.76. The molecular formula is C15H19ClN2O. The third-order valence-corrected chi connectivity index (χ3v) is 4.72. The molecule has 2 fully saturated rings. The number of likely N-dealkylation sites (tertiary alicyclic amines) is 1. The molecule has 1 aliphatic heterocycles. The summed E-state index contributed by atoms with van der Waals surface area (Å²) in [6, 6.07) is 5.24. The standard InChI is InChI=1S/C15H19ClN2O/c16-14-7-3-6-13(17-14)15(19)18-9-8-11-4-1-2-5-12(11)10-18/h3,6-7,11-12H,1-2,4-5,8-10H2. The predicted molar refractivity (Wildman–Crippen MR) is 75.2 cm³/mol. The van der Waals surface area contributed by atoms with Gasteiger partial charge in [-0.15, -0.1) is 0 Å². The summed E-state index contributed by atoms with van der Waals surface area (Å²) in [6.07, 6.45) is 6.46. The molecule has 0 spiro atoms. The van der Waals surface area contributed by atoms with E-state index in [0.29, 0.717) is 16.8 Å². The molecule has 1 saturated heterocycles. The Hall–Kier alpha value is -1.09. The van der Waals surface area contributed by atoms with Gasteiger partial charge in [0.25, 0.3) is 5.91 Å². The van der Waals surface area contributed by atoms with E-state index in [-0.39, 0.29) is 5.91 Å². The van der Waals surface area contributed by atoms with E-state index in [2.05, 4.69) is 4.98 Å². The summed E-state index contributed by atoms with van der Waals surface area (Å²) in [5.74, 6) is 1.57. The number of carbonyl (C=O) groups is 1. The highest BCUT2D eigenvalue weighted by molar-refractivity contribution is 6.29. The second-order valence-electron chi connectivity index (χ2n) is 5.69. The second-order valence-corrected chi connectivity index (χ2v) is 6.08. The van der Waals surface area contributed by atoms with Gasteiger partial charge in [0.2, 0.25) is 0 Å². The van der Waals surface area contributed by atoms with Crippen LogP contribution in [0.4, 0.5) is 0 Å². The Labute approximate surface area is 119 Å². The number of carbonyl (C=O) groups excluding carboxylic acids is 1. The fraction of sp³-hybridized carbons (Fsp3) is 0.600. The van der Waals surface area contributed by atoms with Gasteiger partial charge in [-0.05, 0) is 36.8 Å². The fourth-order valence-electron chi connectivity index (χ4n) is 3.47. The Morgan fingerprint density at radius 1 is 1.21 bits per heavy atom. The van der Waals surface area contributed by atoms with E-state index < -0.39 is 0 Å². The SMILES string of the molecule is O=C(c1cccc(Cl)n1)N1CCC2CCCCC2C1. The van der Waals surface area contributed by atoms with Gasteiger partial charge in [0.1, 0.15) is 10.8 Å². The number of fused-ring (bicyclic) bond motifs is 1. The monoisotopic (exact) mass is 278 g/mol. The maximum atomic E-state index is 12.4. The first-order valence-corrected chi connectivity index (χ1v) is 7.53. The first-order valence-electron chi connectivity index (χ1n) is 7.16. The highest BCUT2D eigenvalue weighted by atomic mass is 35.5. The lowest BCUT2D eigenvalue weighted by Gasteiger charge is -2.41. The molecule has 0 N–H and O–H groups in total. The van der Waals surface area contributed by atoms with Crippen molar-refractivity contribution < 1.29 is 4.79 Å². The molecule has 102 valence electrons. The lowest BCUT2D eigenvalue weighted by molar-refractivity contribution is 0.0515. The third-order valence-electron chi connectivity index (χ3n) is 4.51. The average molecular weight is 279 g/mol. The molecule has 0 bridgehead atoms. The minimum atomic E-state index is 0.0338. The Bertz CT molecular complexity index is 477. The molecule has 0 aromatic carbocycles. The van der Waals surface area contributed by atoms with Gasteiger partial charge in [-0.25, -0.2) is 4.98 Å². The minimum absolute atomic E-state index is 0.0338. The molecule has 2 heterocycles. The molecular weight excluding hydrogens is 260 g/mol. The molecule has 1 saturated carbocycles. The van der Waals surface area contributed by atoms with Crippen LogP contribution in [0.25, 0.3) is 0 Å². The highest BCUT2D eigenvalue weighted by Gasteiger charge is 2.33. The maximum absolute atomic E-state index is 12.4. The van der Waals surface area contributed by atoms with Gasteiger partial charge in [-0.3, -0.25) is 4.79 Å². The van der Waals surface area contributed by atoms with E-state index in [1.54, 1.807) is 18.2 Å². The summed E-state index contributed by atoms with van der Waals surface area (Å²) in [5.41, 5.74) is 0.474. The number of rotatable bonds is 1. The largest absolute Gasteiger partial charge is 0.337 e. The Morgan fingerprint density at radius 2 is 2.00 bits per heavy atom. The Balaban J connectivity index is 1.71. The highest BCUT2D eigenvalue weighted by Crippen LogP contribution is 2.36. The molecule has 2 aliphatic rings. The fourth-order valence-corrected chi connectivity index (χ4v) is 3.64. The van der Waals surface area contributed by atoms with Crippen LogP contribution in [0.2, 0.25) is 5.15 Å². The Kier molecular flexibility index (Phi) is 3.74. The van der Waals surface area contributed by atoms with E-state index in [4.69, 9.17) is 11.6 Å². The predicted octanol–water partition coefficient (Wildman–Crippen LogP) is 3.39. The summed E-state index contributed by atoms with van der Waals surface area (Å²) < 4.78 is 0. The molecule has 4 heteroatoms. The maximum Gasteiger partial charge on any atom is 0.272 e. The van der Waals surface area contributed by atoms with Crippen LogP contribution in [0.3, 0.4) is 0 Å². The zero-order valence-corrected chi connectivity index (χ0v) is 11.8. The van der Waals surface area contributed by atoms with Crippen molar-refractivity contribution in [1.82, 2.24) is 9.88 Å². The smallest absolute Gasteiger partial charge is 0.272 e. The molecule has 2 unspecified atom stereocenters. The van der Waals surface area contributed by atoms with Crippen LogP contribution >= 0.6 is 11.6 Å². The van der Waals surface area contributed by atoms with Crippen LogP contribution in [0.1, 0.15) is 42.6 Å². The number of aromatic nitrogens is 1. The van der Waals surface area contributed by atoms with Gasteiger partial charge in [-0.1, -0.05) is 36.9 Å². The van der Waals surface area contributed by atoms with E-state index in [9.17, 15) is 4.79 Å². The van der Waals surface area contributed by atoms with Crippen LogP contribution < -0.4 is 0 Å². The lowest BCUT2D eigenvalue weighted by Crippen LogP contribution is -2.45. The molecule has 2 atom stereocenters. The molecule has 19 heavy (non-hydrogen) atoms. The summed E-state index contributed by atoms with van der Waals surface area (Å²) in [6.45, 7) is 1.77. The first-order chi connectivity index (χ1) is 9.24. The normalized spacial score (nSPS) is 26.9. The molecule has 1 aromatic rings. The number of hydrogen-bond donors (Lipinski definition) is 0. The number of piperidine rings is 1. The molecule has 1 amide bonds. The van der Waals surface area contributed by atoms with Crippen molar-refractivity contribution in [1.29, 1.82) is 0 Å². The summed E-state index contributed by atoms with van der Waals surface area (Å²) >= 11 is 5.86. The van der Waals surface area contributed by atoms with Gasteiger partial charge in [0.05, 0.1) is 0 Å². The summed E-state index contributed by atoms with van der Waals surface area (Å²) in [4.78, 5) is 18.5. The molecule has 0 radical (unpaired) electrons. The van der Waals surface area contributed by atoms with Crippen molar-refractivity contribution in [3.63, 3.8) is 0 Å². The van der Waals surface area contributed by atoms with Gasteiger partial charge >= 0.3 is 0 Å². The quantitative estimate of drug-likeness (QED) is 0.738. The summed E-state index contributed by atoms with van der Waals surface area (Å²) in [5, 5.41) is 0.387. The minimum Gasteiger partial charge on any atom is -0.337 e. The van der Waals surface area contributed by atoms with Crippen LogP contribution in [-0.4, -0.2) is 28.9 Å². The van der Waals surface area contributed by atoms with E-state index in [1.165, 1.54) is 25.7 Å². The zero-order chi connectivity index (χ0) is 13.2. The van der Waals surface area contributed by atoms with Crippen LogP contribution in [0.5, 0.6) is 0 Å². The average Bonchev–Trinajstić information content (AvgIpc) is 2.46. The van der Waals surface area contributed by atoms with Crippen LogP contribution in [0.15, 0.2) is 18.2 Å². The molecule has 3 nitrogen and oxygen atoms in total. The number of amides is 1. The van der Waals surface area contributed by atoms with Gasteiger partial charge in [-0.2, -0.15) is 0 Å². The van der Waals surface area contributed by atoms with Gasteiger partial charge in [0.15, 0.2) is 0 Å². The van der Waals surface area contributed by atoms with Crippen molar-refractivity contribution in [2.24, 2.45) is 11.8 Å². The molecule has 1 aliphatic carbocycles. The van der Waals surface area contributed by atoms with E-state index in [0.717, 1.165) is 25.4 Å². The van der Waals surface area contributed by atoms with Crippen molar-refractivity contribution in [3.8, 4) is 0 Å². The van der Waals surface area contributed by atoms with Crippen molar-refractivity contribution >= 4 is 17.5 Å². The van der Waals surface area contributed by atoms with Crippen molar-refractivity contribution in [2.75, 3.05) is 13.1 Å². The zero-order valence-electron chi connectivity index (χ0n) is 11.0. The topological polar surface area (TPSA) is 33.2 Å². The first kappa shape index (κ1) is 12.9. The number of halogens is 1. The number of pyridine rings is 1. The van der Waals surface area contributed by atoms with Crippen molar-refractivity contribution in [2.45, 2.75) is 32.1 Å². The van der Waals surface area contributed by atoms with E-state index in [1.807, 2.05) is 4.90 Å². The van der Waals surface area contributed by atoms with Gasteiger partial charge in [0, 0.05) is 13.1 Å². The van der Waals surface area contributed by atoms with E-state index >= 15 is 0 Å². The number of nitrogens with zero attached hydrogens (tertiary/aromatic N) is 2. The Morgan fingerprint density at radius 3 is 2.79 bits per heavy atom.